The Balaban J connectivity index is 1.26. The zero-order chi connectivity index (χ0) is 20.9. The molecule has 2 N–H and O–H groups in total. The summed E-state index contributed by atoms with van der Waals surface area (Å²) in [6.45, 7) is 9.75. The Kier molecular flexibility index (Phi) is 10.4. The van der Waals surface area contributed by atoms with Crippen LogP contribution in [0.3, 0.4) is 0 Å². The van der Waals surface area contributed by atoms with Gasteiger partial charge in [-0.2, -0.15) is 0 Å². The van der Waals surface area contributed by atoms with Crippen LogP contribution >= 0.6 is 0 Å². The predicted molar refractivity (Wildman–Crippen MR) is 120 cm³/mol. The second-order valence-corrected chi connectivity index (χ2v) is 8.04. The summed E-state index contributed by atoms with van der Waals surface area (Å²) < 4.78 is 16.6. The number of hydrogen-bond acceptors (Lipinski definition) is 5. The Hall–Kier alpha value is -1.67. The van der Waals surface area contributed by atoms with Gasteiger partial charge in [0.1, 0.15) is 0 Å². The van der Waals surface area contributed by atoms with E-state index in [1.165, 1.54) is 11.1 Å². The molecule has 7 nitrogen and oxygen atoms in total. The van der Waals surface area contributed by atoms with Gasteiger partial charge in [-0.25, -0.2) is 0 Å². The number of ether oxygens (including phenoxy) is 3. The number of aliphatic imine (C=N–C) groups is 1. The van der Waals surface area contributed by atoms with Gasteiger partial charge in [-0.05, 0) is 36.3 Å². The Morgan fingerprint density at radius 1 is 1.03 bits per heavy atom. The molecule has 0 aromatic heterocycles. The van der Waals surface area contributed by atoms with E-state index in [1.54, 1.807) is 0 Å². The Labute approximate surface area is 181 Å². The molecule has 2 saturated heterocycles. The first-order valence-electron chi connectivity index (χ1n) is 11.3. The fourth-order valence-corrected chi connectivity index (χ4v) is 3.73. The van der Waals surface area contributed by atoms with E-state index in [-0.39, 0.29) is 0 Å². The summed E-state index contributed by atoms with van der Waals surface area (Å²) in [5.74, 6) is 1.50. The third-order valence-electron chi connectivity index (χ3n) is 5.67. The maximum Gasteiger partial charge on any atom is 0.191 e. The highest BCUT2D eigenvalue weighted by molar-refractivity contribution is 5.79. The monoisotopic (exact) mass is 418 g/mol. The van der Waals surface area contributed by atoms with Gasteiger partial charge in [-0.15, -0.1) is 0 Å². The summed E-state index contributed by atoms with van der Waals surface area (Å²) in [6, 6.07) is 8.83. The minimum Gasteiger partial charge on any atom is -0.381 e. The topological polar surface area (TPSA) is 67.4 Å². The van der Waals surface area contributed by atoms with Crippen LogP contribution in [-0.2, 0) is 27.3 Å². The van der Waals surface area contributed by atoms with Gasteiger partial charge in [0.25, 0.3) is 0 Å². The maximum atomic E-state index is 5.82. The van der Waals surface area contributed by atoms with Gasteiger partial charge in [0.05, 0.1) is 13.2 Å². The van der Waals surface area contributed by atoms with Crippen molar-refractivity contribution in [3.05, 3.63) is 35.4 Å². The normalized spacial score (nSPS) is 19.0. The molecule has 1 aromatic carbocycles. The first-order chi connectivity index (χ1) is 14.8. The van der Waals surface area contributed by atoms with E-state index in [4.69, 9.17) is 14.2 Å². The van der Waals surface area contributed by atoms with E-state index < -0.39 is 0 Å². The molecule has 0 atom stereocenters. The number of morpholine rings is 1. The summed E-state index contributed by atoms with van der Waals surface area (Å²) in [5, 5.41) is 6.75. The molecule has 2 fully saturated rings. The molecule has 7 heteroatoms. The van der Waals surface area contributed by atoms with Crippen molar-refractivity contribution < 1.29 is 14.2 Å². The summed E-state index contributed by atoms with van der Waals surface area (Å²) in [5.41, 5.74) is 2.60. The van der Waals surface area contributed by atoms with E-state index in [1.807, 2.05) is 7.05 Å². The van der Waals surface area contributed by atoms with Gasteiger partial charge in [0.2, 0.25) is 0 Å². The van der Waals surface area contributed by atoms with Gasteiger partial charge in [-0.1, -0.05) is 24.3 Å². The summed E-state index contributed by atoms with van der Waals surface area (Å²) >= 11 is 0. The first kappa shape index (κ1) is 23.0. The third kappa shape index (κ3) is 8.60. The zero-order valence-corrected chi connectivity index (χ0v) is 18.4. The van der Waals surface area contributed by atoms with Crippen molar-refractivity contribution in [2.24, 2.45) is 10.9 Å². The van der Waals surface area contributed by atoms with Crippen molar-refractivity contribution in [2.75, 3.05) is 66.3 Å². The fraction of sp³-hybridized carbons (Fsp3) is 0.696. The van der Waals surface area contributed by atoms with E-state index >= 15 is 0 Å². The van der Waals surface area contributed by atoms with Gasteiger partial charge >= 0.3 is 0 Å². The lowest BCUT2D eigenvalue weighted by molar-refractivity contribution is 0.0203. The van der Waals surface area contributed by atoms with Crippen molar-refractivity contribution in [2.45, 2.75) is 32.4 Å². The van der Waals surface area contributed by atoms with Crippen molar-refractivity contribution in [1.82, 2.24) is 15.5 Å². The number of guanidine groups is 1. The van der Waals surface area contributed by atoms with Crippen LogP contribution in [-0.4, -0.2) is 77.2 Å². The quantitative estimate of drug-likeness (QED) is 0.344. The number of benzene rings is 1. The van der Waals surface area contributed by atoms with E-state index in [0.717, 1.165) is 97.6 Å². The standard InChI is InChI=1S/C23H38N4O3/c1-24-23(25-9-2-12-30-19-22-7-13-28-14-8-22)26-17-20-3-5-21(6-4-20)18-27-10-15-29-16-11-27/h3-6,22H,2,7-19H2,1H3,(H2,24,25,26). The van der Waals surface area contributed by atoms with E-state index in [0.29, 0.717) is 5.92 Å². The van der Waals surface area contributed by atoms with Gasteiger partial charge in [0, 0.05) is 66.2 Å². The molecule has 3 rings (SSSR count). The van der Waals surface area contributed by atoms with Crippen molar-refractivity contribution >= 4 is 5.96 Å². The molecule has 1 aromatic rings. The molecule has 30 heavy (non-hydrogen) atoms. The van der Waals surface area contributed by atoms with Crippen LogP contribution < -0.4 is 10.6 Å². The molecule has 0 bridgehead atoms. The van der Waals surface area contributed by atoms with Crippen molar-refractivity contribution in [3.63, 3.8) is 0 Å². The lowest BCUT2D eigenvalue weighted by Crippen LogP contribution is -2.37. The predicted octanol–water partition coefficient (Wildman–Crippen LogP) is 2.02. The molecule has 168 valence electrons. The lowest BCUT2D eigenvalue weighted by Gasteiger charge is -2.26. The molecule has 0 saturated carbocycles. The summed E-state index contributed by atoms with van der Waals surface area (Å²) in [7, 11) is 1.81. The van der Waals surface area contributed by atoms with Crippen LogP contribution in [0.25, 0.3) is 0 Å². The van der Waals surface area contributed by atoms with E-state index in [9.17, 15) is 0 Å². The Morgan fingerprint density at radius 3 is 2.47 bits per heavy atom. The minimum atomic E-state index is 0.668. The van der Waals surface area contributed by atoms with Crippen LogP contribution in [0.5, 0.6) is 0 Å². The summed E-state index contributed by atoms with van der Waals surface area (Å²) in [6.07, 6.45) is 3.23. The van der Waals surface area contributed by atoms with Gasteiger partial charge in [0.15, 0.2) is 5.96 Å². The molecule has 0 unspecified atom stereocenters. The van der Waals surface area contributed by atoms with Crippen molar-refractivity contribution in [1.29, 1.82) is 0 Å². The fourth-order valence-electron chi connectivity index (χ4n) is 3.73. The van der Waals surface area contributed by atoms with Crippen LogP contribution in [0.1, 0.15) is 30.4 Å². The Bertz CT molecular complexity index is 611. The molecule has 0 spiro atoms. The summed E-state index contributed by atoms with van der Waals surface area (Å²) in [4.78, 5) is 6.75. The average Bonchev–Trinajstić information content (AvgIpc) is 2.80. The molecule has 2 aliphatic rings. The molecule has 2 heterocycles. The highest BCUT2D eigenvalue weighted by Crippen LogP contribution is 2.14. The highest BCUT2D eigenvalue weighted by atomic mass is 16.5. The smallest absolute Gasteiger partial charge is 0.191 e. The van der Waals surface area contributed by atoms with Gasteiger partial charge < -0.3 is 24.8 Å². The van der Waals surface area contributed by atoms with E-state index in [2.05, 4.69) is 44.8 Å². The first-order valence-corrected chi connectivity index (χ1v) is 11.3. The number of hydrogen-bond donors (Lipinski definition) is 2. The Morgan fingerprint density at radius 2 is 1.73 bits per heavy atom. The van der Waals surface area contributed by atoms with Crippen LogP contribution in [0.15, 0.2) is 29.3 Å². The maximum absolute atomic E-state index is 5.82. The van der Waals surface area contributed by atoms with Crippen molar-refractivity contribution in [3.8, 4) is 0 Å². The van der Waals surface area contributed by atoms with Crippen LogP contribution in [0.4, 0.5) is 0 Å². The molecule has 0 radical (unpaired) electrons. The second-order valence-electron chi connectivity index (χ2n) is 8.04. The molecule has 2 aliphatic heterocycles. The van der Waals surface area contributed by atoms with Crippen LogP contribution in [0, 0.1) is 5.92 Å². The molecule has 0 amide bonds. The number of nitrogens with one attached hydrogen (secondary N) is 2. The molecule has 0 aliphatic carbocycles. The molecular formula is C23H38N4O3. The largest absolute Gasteiger partial charge is 0.381 e. The lowest BCUT2D eigenvalue weighted by atomic mass is 10.0. The van der Waals surface area contributed by atoms with Gasteiger partial charge in [-0.3, -0.25) is 9.89 Å². The minimum absolute atomic E-state index is 0.668. The SMILES string of the molecule is CN=C(NCCCOCC1CCOCC1)NCc1ccc(CN2CCOCC2)cc1. The number of rotatable bonds is 10. The van der Waals surface area contributed by atoms with Crippen LogP contribution in [0.2, 0.25) is 0 Å². The zero-order valence-electron chi connectivity index (χ0n) is 18.4. The molecular weight excluding hydrogens is 380 g/mol. The third-order valence-corrected chi connectivity index (χ3v) is 5.67. The second kappa shape index (κ2) is 13.6. The highest BCUT2D eigenvalue weighted by Gasteiger charge is 2.13. The average molecular weight is 419 g/mol. The number of nitrogens with zero attached hydrogens (tertiary/aromatic N) is 2.